The van der Waals surface area contributed by atoms with Gasteiger partial charge in [0.05, 0.1) is 27.8 Å². The monoisotopic (exact) mass is 654 g/mol. The van der Waals surface area contributed by atoms with Crippen LogP contribution in [0.3, 0.4) is 0 Å². The Kier molecular flexibility index (Phi) is 5.64. The summed E-state index contributed by atoms with van der Waals surface area (Å²) in [5.74, 6) is 0.467. The van der Waals surface area contributed by atoms with Crippen LogP contribution in [-0.2, 0) is 25.6 Å². The van der Waals surface area contributed by atoms with Crippen LogP contribution in [0.1, 0.15) is 67.7 Å². The van der Waals surface area contributed by atoms with Crippen molar-refractivity contribution in [2.75, 3.05) is 28.8 Å². The number of H-pyrrole nitrogens is 2. The maximum Gasteiger partial charge on any atom is 0.308 e. The Hall–Kier alpha value is -4.31. The summed E-state index contributed by atoms with van der Waals surface area (Å²) in [4.78, 5) is 62.5. The average Bonchev–Trinajstić information content (AvgIpc) is 3.46. The van der Waals surface area contributed by atoms with Crippen LogP contribution in [0, 0.1) is 30.1 Å². The van der Waals surface area contributed by atoms with E-state index in [1.807, 2.05) is 42.1 Å². The van der Waals surface area contributed by atoms with Crippen molar-refractivity contribution in [2.45, 2.75) is 65.7 Å². The van der Waals surface area contributed by atoms with E-state index < -0.39 is 17.4 Å². The van der Waals surface area contributed by atoms with Crippen LogP contribution in [-0.4, -0.2) is 52.7 Å². The molecule has 9 rings (SSSR count). The maximum atomic E-state index is 14.3. The topological polar surface area (TPSA) is 125 Å². The second-order valence-corrected chi connectivity index (χ2v) is 14.8. The van der Waals surface area contributed by atoms with E-state index in [0.717, 1.165) is 74.7 Å². The molecule has 11 heteroatoms. The maximum absolute atomic E-state index is 14.3. The van der Waals surface area contributed by atoms with E-state index in [4.69, 9.17) is 21.1 Å². The summed E-state index contributed by atoms with van der Waals surface area (Å²) >= 11 is 6.48. The van der Waals surface area contributed by atoms with Crippen molar-refractivity contribution in [1.29, 1.82) is 0 Å². The fourth-order valence-corrected chi connectivity index (χ4v) is 10.3. The number of nitrogens with one attached hydrogen (secondary N) is 2. The highest BCUT2D eigenvalue weighted by atomic mass is 35.5. The molecule has 242 valence electrons. The SMILES string of the molecule is CC(=O)Oc1cc2c(c3c(C)c[nH]c13)CCN2C(=O)C12CC3(CC(=O)N4CC(CCl)c5c4cc(OC(C)=O)c4[nH]cc(C)c54)CC31C2. The molecular formula is C36H35ClN4O6. The molecule has 2 aliphatic heterocycles. The molecule has 4 unspecified atom stereocenters. The highest BCUT2D eigenvalue weighted by molar-refractivity contribution is 6.19. The van der Waals surface area contributed by atoms with E-state index in [0.29, 0.717) is 43.3 Å². The molecule has 3 fully saturated rings. The Labute approximate surface area is 275 Å². The normalized spacial score (nSPS) is 27.6. The molecule has 1 spiro atoms. The number of aryl methyl sites for hydroxylation is 2. The number of amides is 2. The highest BCUT2D eigenvalue weighted by Crippen LogP contribution is 3.01. The third-order valence-electron chi connectivity index (χ3n) is 12.0. The van der Waals surface area contributed by atoms with E-state index in [-0.39, 0.29) is 28.6 Å². The lowest BCUT2D eigenvalue weighted by Gasteiger charge is -2.36. The number of ether oxygens (including phenoxy) is 2. The molecule has 3 aliphatic carbocycles. The van der Waals surface area contributed by atoms with Crippen molar-refractivity contribution in [3.8, 4) is 11.5 Å². The molecule has 4 atom stereocenters. The van der Waals surface area contributed by atoms with Gasteiger partial charge in [-0.15, -0.1) is 11.6 Å². The lowest BCUT2D eigenvalue weighted by atomic mass is 9.71. The van der Waals surface area contributed by atoms with Crippen LogP contribution < -0.4 is 19.3 Å². The summed E-state index contributed by atoms with van der Waals surface area (Å²) in [7, 11) is 0. The molecule has 2 amide bonds. The first-order valence-corrected chi connectivity index (χ1v) is 16.8. The van der Waals surface area contributed by atoms with Gasteiger partial charge in [-0.05, 0) is 72.6 Å². The van der Waals surface area contributed by atoms with Crippen LogP contribution >= 0.6 is 11.6 Å². The van der Waals surface area contributed by atoms with Gasteiger partial charge in [-0.25, -0.2) is 0 Å². The van der Waals surface area contributed by atoms with Gasteiger partial charge in [-0.1, -0.05) is 0 Å². The minimum Gasteiger partial charge on any atom is -0.424 e. The molecule has 2 N–H and O–H groups in total. The molecule has 47 heavy (non-hydrogen) atoms. The number of rotatable bonds is 6. The molecule has 3 saturated carbocycles. The standard InChI is InChI=1S/C36H35ClN4O6/c1-17-11-38-31-25(46-19(3)42)7-23-22(28(17)31)5-6-40(23)33(45)35-14-34(15-36(34,35)16-35)9-27(44)41-13-21(10-37)30-24(41)8-26(47-20(4)43)32-29(30)18(2)12-39-32/h7-8,11-12,21,38-39H,5-6,9-10,13-16H2,1-4H3. The predicted octanol–water partition coefficient (Wildman–Crippen LogP) is 5.94. The summed E-state index contributed by atoms with van der Waals surface area (Å²) in [6.45, 7) is 7.82. The Bertz CT molecular complexity index is 2150. The molecular weight excluding hydrogens is 620 g/mol. The molecule has 0 saturated heterocycles. The number of carbonyl (C=O) groups excluding carboxylic acids is 4. The smallest absolute Gasteiger partial charge is 0.308 e. The number of alkyl halides is 1. The van der Waals surface area contributed by atoms with Gasteiger partial charge in [0.15, 0.2) is 11.5 Å². The average molecular weight is 655 g/mol. The van der Waals surface area contributed by atoms with E-state index in [9.17, 15) is 19.2 Å². The number of benzene rings is 2. The third kappa shape index (κ3) is 3.57. The molecule has 5 aliphatic rings. The van der Waals surface area contributed by atoms with Crippen LogP contribution in [0.2, 0.25) is 0 Å². The molecule has 2 aromatic carbocycles. The first-order chi connectivity index (χ1) is 22.4. The molecule has 0 radical (unpaired) electrons. The number of fused-ring (bicyclic) bond motifs is 6. The van der Waals surface area contributed by atoms with Gasteiger partial charge in [0.2, 0.25) is 11.8 Å². The van der Waals surface area contributed by atoms with Crippen molar-refractivity contribution in [2.24, 2.45) is 16.2 Å². The van der Waals surface area contributed by atoms with Crippen LogP contribution in [0.25, 0.3) is 21.8 Å². The van der Waals surface area contributed by atoms with Gasteiger partial charge in [0.1, 0.15) is 0 Å². The lowest BCUT2D eigenvalue weighted by molar-refractivity contribution is -0.132. The summed E-state index contributed by atoms with van der Waals surface area (Å²) in [6.07, 6.45) is 7.29. The quantitative estimate of drug-likeness (QED) is 0.151. The number of anilines is 2. The van der Waals surface area contributed by atoms with Crippen molar-refractivity contribution < 1.29 is 28.7 Å². The van der Waals surface area contributed by atoms with Gasteiger partial charge in [-0.3, -0.25) is 19.2 Å². The van der Waals surface area contributed by atoms with Gasteiger partial charge >= 0.3 is 11.9 Å². The van der Waals surface area contributed by atoms with E-state index in [1.165, 1.54) is 13.8 Å². The number of aromatic nitrogens is 2. The fraction of sp³-hybridized carbons (Fsp3) is 0.444. The Morgan fingerprint density at radius 2 is 1.53 bits per heavy atom. The van der Waals surface area contributed by atoms with Crippen LogP contribution in [0.4, 0.5) is 11.4 Å². The number of nitrogens with zero attached hydrogens (tertiary/aromatic N) is 2. The summed E-state index contributed by atoms with van der Waals surface area (Å²) in [6, 6.07) is 3.63. The van der Waals surface area contributed by atoms with E-state index in [2.05, 4.69) is 9.97 Å². The van der Waals surface area contributed by atoms with Crippen molar-refractivity contribution in [3.63, 3.8) is 0 Å². The zero-order chi connectivity index (χ0) is 32.8. The largest absolute Gasteiger partial charge is 0.424 e. The second kappa shape index (κ2) is 9.18. The van der Waals surface area contributed by atoms with E-state index >= 15 is 0 Å². The zero-order valence-corrected chi connectivity index (χ0v) is 27.5. The minimum absolute atomic E-state index is 0.0212. The number of aromatic amines is 2. The first-order valence-electron chi connectivity index (χ1n) is 16.3. The zero-order valence-electron chi connectivity index (χ0n) is 26.8. The third-order valence-corrected chi connectivity index (χ3v) is 12.4. The Balaban J connectivity index is 0.983. The molecule has 2 aromatic heterocycles. The van der Waals surface area contributed by atoms with Crippen molar-refractivity contribution in [1.82, 2.24) is 9.97 Å². The number of halogens is 1. The Morgan fingerprint density at radius 3 is 2.17 bits per heavy atom. The summed E-state index contributed by atoms with van der Waals surface area (Å²) < 4.78 is 11.2. The Morgan fingerprint density at radius 1 is 0.894 bits per heavy atom. The summed E-state index contributed by atoms with van der Waals surface area (Å²) in [5, 5.41) is 1.97. The second-order valence-electron chi connectivity index (χ2n) is 14.5. The minimum atomic E-state index is -0.433. The van der Waals surface area contributed by atoms with Crippen molar-refractivity contribution >= 4 is 68.5 Å². The van der Waals surface area contributed by atoms with Gasteiger partial charge in [0.25, 0.3) is 0 Å². The number of hydrogen-bond donors (Lipinski definition) is 2. The van der Waals surface area contributed by atoms with Gasteiger partial charge < -0.3 is 29.2 Å². The van der Waals surface area contributed by atoms with Gasteiger partial charge in [-0.2, -0.15) is 0 Å². The lowest BCUT2D eigenvalue weighted by Crippen LogP contribution is -2.44. The molecule has 4 aromatic rings. The van der Waals surface area contributed by atoms with Crippen molar-refractivity contribution in [3.05, 3.63) is 46.8 Å². The van der Waals surface area contributed by atoms with E-state index in [1.54, 1.807) is 6.07 Å². The van der Waals surface area contributed by atoms with Crippen LogP contribution in [0.15, 0.2) is 24.5 Å². The predicted molar refractivity (Wildman–Crippen MR) is 176 cm³/mol. The van der Waals surface area contributed by atoms with Gasteiger partial charge in [0, 0.05) is 80.5 Å². The number of carbonyl (C=O) groups is 4. The number of hydrogen-bond acceptors (Lipinski definition) is 6. The highest BCUT2D eigenvalue weighted by Gasteiger charge is 2.98. The fourth-order valence-electron chi connectivity index (χ4n) is 10.1. The number of esters is 2. The molecule has 10 nitrogen and oxygen atoms in total. The first kappa shape index (κ1) is 28.9. The summed E-state index contributed by atoms with van der Waals surface area (Å²) in [5.41, 5.74) is 6.53. The molecule has 0 bridgehead atoms. The molecule has 4 heterocycles. The van der Waals surface area contributed by atoms with Crippen LogP contribution in [0.5, 0.6) is 11.5 Å².